The normalized spacial score (nSPS) is 12.1. The van der Waals surface area contributed by atoms with Gasteiger partial charge in [0.15, 0.2) is 5.82 Å². The van der Waals surface area contributed by atoms with Crippen LogP contribution in [0.25, 0.3) is 10.9 Å². The first-order chi connectivity index (χ1) is 14.3. The molecule has 0 aliphatic carbocycles. The Morgan fingerprint density at radius 1 is 1.13 bits per heavy atom. The summed E-state index contributed by atoms with van der Waals surface area (Å²) >= 11 is 5.35. The lowest BCUT2D eigenvalue weighted by atomic mass is 9.87. The van der Waals surface area contributed by atoms with Crippen molar-refractivity contribution in [1.29, 1.82) is 0 Å². The number of aryl methyl sites for hydroxylation is 1. The summed E-state index contributed by atoms with van der Waals surface area (Å²) in [6.07, 6.45) is 1.81. The van der Waals surface area contributed by atoms with E-state index in [9.17, 15) is 0 Å². The SMILES string of the molecule is Cc1[nH]c2ccccc2c1/C=N/n1c(COc2ccc(C(C)(C)C)cc2)n[nH]c1=S. The molecule has 0 atom stereocenters. The van der Waals surface area contributed by atoms with Crippen LogP contribution in [0.15, 0.2) is 53.6 Å². The summed E-state index contributed by atoms with van der Waals surface area (Å²) in [7, 11) is 0. The highest BCUT2D eigenvalue weighted by Crippen LogP contribution is 2.24. The monoisotopic (exact) mass is 419 g/mol. The van der Waals surface area contributed by atoms with Gasteiger partial charge >= 0.3 is 0 Å². The van der Waals surface area contributed by atoms with Crippen LogP contribution in [0.5, 0.6) is 5.75 Å². The highest BCUT2D eigenvalue weighted by Gasteiger charge is 2.13. The molecule has 0 aliphatic rings. The second-order valence-corrected chi connectivity index (χ2v) is 8.66. The third-order valence-electron chi connectivity index (χ3n) is 5.05. The zero-order valence-electron chi connectivity index (χ0n) is 17.6. The fourth-order valence-corrected chi connectivity index (χ4v) is 3.51. The van der Waals surface area contributed by atoms with E-state index in [1.165, 1.54) is 5.56 Å². The molecule has 0 radical (unpaired) electrons. The zero-order valence-corrected chi connectivity index (χ0v) is 18.4. The molecule has 30 heavy (non-hydrogen) atoms. The Bertz CT molecular complexity index is 1260. The second kappa shape index (κ2) is 7.91. The molecule has 0 saturated heterocycles. The van der Waals surface area contributed by atoms with Gasteiger partial charge in [-0.15, -0.1) is 0 Å². The standard InChI is InChI=1S/C23H25N5OS/c1-15-19(18-7-5-6-8-20(18)25-15)13-24-28-21(26-27-22(28)30)14-29-17-11-9-16(10-12-17)23(2,3)4/h5-13,25H,14H2,1-4H3,(H,27,30)/b24-13+. The van der Waals surface area contributed by atoms with Crippen LogP contribution in [0.3, 0.4) is 0 Å². The number of rotatable bonds is 5. The Kier molecular flexibility index (Phi) is 5.30. The maximum atomic E-state index is 5.92. The van der Waals surface area contributed by atoms with E-state index in [0.717, 1.165) is 27.9 Å². The number of hydrogen-bond donors (Lipinski definition) is 2. The highest BCUT2D eigenvalue weighted by atomic mass is 32.1. The molecule has 0 bridgehead atoms. The molecule has 2 N–H and O–H groups in total. The predicted octanol–water partition coefficient (Wildman–Crippen LogP) is 5.49. The summed E-state index contributed by atoms with van der Waals surface area (Å²) < 4.78 is 7.93. The van der Waals surface area contributed by atoms with Crippen molar-refractivity contribution in [3.63, 3.8) is 0 Å². The summed E-state index contributed by atoms with van der Waals surface area (Å²) in [5, 5.41) is 12.8. The largest absolute Gasteiger partial charge is 0.486 e. The van der Waals surface area contributed by atoms with Gasteiger partial charge in [-0.3, -0.25) is 0 Å². The lowest BCUT2D eigenvalue weighted by molar-refractivity contribution is 0.290. The number of H-pyrrole nitrogens is 2. The molecular formula is C23H25N5OS. The van der Waals surface area contributed by atoms with Crippen LogP contribution in [0.2, 0.25) is 0 Å². The van der Waals surface area contributed by atoms with Gasteiger partial charge in [-0.1, -0.05) is 51.1 Å². The van der Waals surface area contributed by atoms with E-state index in [1.807, 2.05) is 37.3 Å². The van der Waals surface area contributed by atoms with E-state index < -0.39 is 0 Å². The molecule has 0 spiro atoms. The van der Waals surface area contributed by atoms with E-state index in [-0.39, 0.29) is 12.0 Å². The topological polar surface area (TPSA) is 71.0 Å². The summed E-state index contributed by atoms with van der Waals surface area (Å²) in [5.74, 6) is 1.38. The number of nitrogens with one attached hydrogen (secondary N) is 2. The Balaban J connectivity index is 1.54. The first kappa shape index (κ1) is 20.1. The van der Waals surface area contributed by atoms with Gasteiger partial charge in [-0.25, -0.2) is 5.10 Å². The number of benzene rings is 2. The zero-order chi connectivity index (χ0) is 21.3. The van der Waals surface area contributed by atoms with Crippen LogP contribution in [0.4, 0.5) is 0 Å². The van der Waals surface area contributed by atoms with Crippen molar-refractivity contribution in [2.75, 3.05) is 0 Å². The number of para-hydroxylation sites is 1. The van der Waals surface area contributed by atoms with Gasteiger partial charge in [-0.2, -0.15) is 14.9 Å². The predicted molar refractivity (Wildman–Crippen MR) is 123 cm³/mol. The molecule has 2 aromatic carbocycles. The molecular weight excluding hydrogens is 394 g/mol. The van der Waals surface area contributed by atoms with E-state index in [4.69, 9.17) is 17.0 Å². The minimum Gasteiger partial charge on any atom is -0.486 e. The fraction of sp³-hybridized carbons (Fsp3) is 0.261. The van der Waals surface area contributed by atoms with Gasteiger partial charge in [-0.05, 0) is 48.3 Å². The molecule has 4 aromatic rings. The van der Waals surface area contributed by atoms with Crippen molar-refractivity contribution >= 4 is 29.3 Å². The van der Waals surface area contributed by atoms with Crippen LogP contribution < -0.4 is 4.74 Å². The van der Waals surface area contributed by atoms with Crippen LogP contribution in [-0.4, -0.2) is 26.1 Å². The third kappa shape index (κ3) is 4.07. The number of aromatic nitrogens is 4. The number of fused-ring (bicyclic) bond motifs is 1. The molecule has 4 rings (SSSR count). The molecule has 0 aliphatic heterocycles. The molecule has 154 valence electrons. The highest BCUT2D eigenvalue weighted by molar-refractivity contribution is 7.71. The molecule has 0 unspecified atom stereocenters. The van der Waals surface area contributed by atoms with Crippen LogP contribution in [0.1, 0.15) is 43.4 Å². The number of ether oxygens (including phenoxy) is 1. The lowest BCUT2D eigenvalue weighted by Crippen LogP contribution is -2.10. The molecule has 6 nitrogen and oxygen atoms in total. The van der Waals surface area contributed by atoms with Crippen molar-refractivity contribution in [2.45, 2.75) is 39.7 Å². The van der Waals surface area contributed by atoms with E-state index in [2.05, 4.69) is 59.3 Å². The minimum atomic E-state index is 0.107. The molecule has 2 heterocycles. The Labute approximate surface area is 180 Å². The number of hydrogen-bond acceptors (Lipinski definition) is 4. The molecule has 7 heteroatoms. The Morgan fingerprint density at radius 2 is 1.87 bits per heavy atom. The lowest BCUT2D eigenvalue weighted by Gasteiger charge is -2.19. The van der Waals surface area contributed by atoms with E-state index in [1.54, 1.807) is 10.9 Å². The van der Waals surface area contributed by atoms with Crippen molar-refractivity contribution in [3.05, 3.63) is 75.9 Å². The summed E-state index contributed by atoms with van der Waals surface area (Å²) in [4.78, 5) is 3.37. The van der Waals surface area contributed by atoms with Gasteiger partial charge in [0.1, 0.15) is 12.4 Å². The van der Waals surface area contributed by atoms with Gasteiger partial charge in [0.2, 0.25) is 4.77 Å². The number of nitrogens with zero attached hydrogens (tertiary/aromatic N) is 3. The maximum Gasteiger partial charge on any atom is 0.216 e. The van der Waals surface area contributed by atoms with Gasteiger partial charge in [0, 0.05) is 22.2 Å². The second-order valence-electron chi connectivity index (χ2n) is 8.27. The van der Waals surface area contributed by atoms with Crippen molar-refractivity contribution in [3.8, 4) is 5.75 Å². The molecule has 0 amide bonds. The maximum absolute atomic E-state index is 5.92. The first-order valence-electron chi connectivity index (χ1n) is 9.84. The molecule has 0 saturated carbocycles. The van der Waals surface area contributed by atoms with Crippen LogP contribution >= 0.6 is 12.2 Å². The Morgan fingerprint density at radius 3 is 2.60 bits per heavy atom. The van der Waals surface area contributed by atoms with E-state index in [0.29, 0.717) is 10.6 Å². The smallest absolute Gasteiger partial charge is 0.216 e. The van der Waals surface area contributed by atoms with Gasteiger partial charge in [0.25, 0.3) is 0 Å². The Hall–Kier alpha value is -3.19. The fourth-order valence-electron chi connectivity index (χ4n) is 3.32. The average molecular weight is 420 g/mol. The van der Waals surface area contributed by atoms with E-state index >= 15 is 0 Å². The van der Waals surface area contributed by atoms with Gasteiger partial charge in [0.05, 0.1) is 6.21 Å². The van der Waals surface area contributed by atoms with Crippen LogP contribution in [0, 0.1) is 11.7 Å². The quantitative estimate of drug-likeness (QED) is 0.332. The average Bonchev–Trinajstić information content (AvgIpc) is 3.23. The molecule has 0 fully saturated rings. The van der Waals surface area contributed by atoms with Crippen molar-refractivity contribution in [1.82, 2.24) is 19.9 Å². The number of aromatic amines is 2. The molecule has 2 aromatic heterocycles. The summed E-state index contributed by atoms with van der Waals surface area (Å²) in [6, 6.07) is 16.3. The van der Waals surface area contributed by atoms with Crippen molar-refractivity contribution in [2.24, 2.45) is 5.10 Å². The van der Waals surface area contributed by atoms with Crippen molar-refractivity contribution < 1.29 is 4.74 Å². The minimum absolute atomic E-state index is 0.107. The third-order valence-corrected chi connectivity index (χ3v) is 5.32. The van der Waals surface area contributed by atoms with Crippen LogP contribution in [-0.2, 0) is 12.0 Å². The first-order valence-corrected chi connectivity index (χ1v) is 10.2. The summed E-state index contributed by atoms with van der Waals surface area (Å²) in [6.45, 7) is 8.85. The summed E-state index contributed by atoms with van der Waals surface area (Å²) in [5.41, 5.74) is 4.52. The van der Waals surface area contributed by atoms with Gasteiger partial charge < -0.3 is 9.72 Å².